The van der Waals surface area contributed by atoms with Crippen LogP contribution in [0.1, 0.15) is 51.5 Å². The van der Waals surface area contributed by atoms with Crippen LogP contribution in [0.15, 0.2) is 79.9 Å². The number of likely N-dealkylation sites (tertiary alicyclic amines) is 1. The number of ether oxygens (including phenoxy) is 2. The predicted molar refractivity (Wildman–Crippen MR) is 177 cm³/mol. The molecule has 3 aliphatic rings. The number of rotatable bonds is 16. The molecule has 0 aliphatic carbocycles. The first-order valence-electron chi connectivity index (χ1n) is 16.4. The standard InChI is InChI=1S/C37H47N3O6/c1-5-22-38(26-27-14-10-8-11-15-27)35(44)32-37-21-20-36(4,46-37)30(31(37)34(43)40(32)24-12-9-13-25-41)33(42)39(23-6-2)28-16-18-29(19-17-28)45-7-3/h5-6,8,10-11,14-19,30-32,41H,1-2,7,9,12-13,20-26H2,3-4H3/t30-,31+,32?,36+,37?/m1/s1. The first kappa shape index (κ1) is 33.4. The molecule has 1 N–H and O–H groups in total. The van der Waals surface area contributed by atoms with Crippen molar-refractivity contribution < 1.29 is 29.0 Å². The van der Waals surface area contributed by atoms with E-state index in [1.54, 1.807) is 26.9 Å². The van der Waals surface area contributed by atoms with Crippen molar-refractivity contribution >= 4 is 23.4 Å². The highest BCUT2D eigenvalue weighted by molar-refractivity contribution is 6.03. The van der Waals surface area contributed by atoms with Crippen LogP contribution in [0, 0.1) is 11.8 Å². The van der Waals surface area contributed by atoms with Crippen LogP contribution in [0.4, 0.5) is 5.69 Å². The van der Waals surface area contributed by atoms with Gasteiger partial charge in [0, 0.05) is 38.5 Å². The van der Waals surface area contributed by atoms with Crippen molar-refractivity contribution in [2.24, 2.45) is 11.8 Å². The summed E-state index contributed by atoms with van der Waals surface area (Å²) in [5.41, 5.74) is -0.397. The number of unbranched alkanes of at least 4 members (excludes halogenated alkanes) is 2. The van der Waals surface area contributed by atoms with Crippen LogP contribution >= 0.6 is 0 Å². The third-order valence-corrected chi connectivity index (χ3v) is 9.75. The molecule has 2 aromatic carbocycles. The first-order valence-corrected chi connectivity index (χ1v) is 16.4. The van der Waals surface area contributed by atoms with Crippen LogP contribution in [-0.2, 0) is 25.7 Å². The Bertz CT molecular complexity index is 1410. The topological polar surface area (TPSA) is 99.6 Å². The van der Waals surface area contributed by atoms with Crippen molar-refractivity contribution in [1.29, 1.82) is 0 Å². The molecule has 3 amide bonds. The third-order valence-electron chi connectivity index (χ3n) is 9.75. The number of anilines is 1. The summed E-state index contributed by atoms with van der Waals surface area (Å²) in [5.74, 6) is -1.51. The molecule has 3 aliphatic heterocycles. The van der Waals surface area contributed by atoms with Crippen molar-refractivity contribution in [2.75, 3.05) is 37.7 Å². The smallest absolute Gasteiger partial charge is 0.248 e. The van der Waals surface area contributed by atoms with E-state index in [0.29, 0.717) is 69.8 Å². The molecule has 0 radical (unpaired) electrons. The fourth-order valence-corrected chi connectivity index (χ4v) is 7.77. The highest BCUT2D eigenvalue weighted by Gasteiger charge is 2.78. The lowest BCUT2D eigenvalue weighted by Crippen LogP contribution is -2.56. The van der Waals surface area contributed by atoms with Gasteiger partial charge in [-0.15, -0.1) is 13.2 Å². The van der Waals surface area contributed by atoms with Crippen LogP contribution in [0.25, 0.3) is 0 Å². The average molecular weight is 630 g/mol. The van der Waals surface area contributed by atoms with Crippen LogP contribution in [0.2, 0.25) is 0 Å². The van der Waals surface area contributed by atoms with Gasteiger partial charge < -0.3 is 29.3 Å². The molecule has 1 spiro atoms. The molecule has 0 aromatic heterocycles. The molecule has 2 bridgehead atoms. The number of hydrogen-bond donors (Lipinski definition) is 1. The zero-order valence-corrected chi connectivity index (χ0v) is 27.1. The van der Waals surface area contributed by atoms with E-state index in [1.165, 1.54) is 0 Å². The van der Waals surface area contributed by atoms with Gasteiger partial charge in [-0.05, 0) is 75.8 Å². The number of hydrogen-bond acceptors (Lipinski definition) is 6. The summed E-state index contributed by atoms with van der Waals surface area (Å²) in [6.07, 6.45) is 6.39. The van der Waals surface area contributed by atoms with Gasteiger partial charge in [-0.25, -0.2) is 0 Å². The molecule has 2 aromatic rings. The fourth-order valence-electron chi connectivity index (χ4n) is 7.77. The number of nitrogens with zero attached hydrogens (tertiary/aromatic N) is 3. The van der Waals surface area contributed by atoms with Crippen molar-refractivity contribution in [3.05, 3.63) is 85.5 Å². The predicted octanol–water partition coefficient (Wildman–Crippen LogP) is 4.75. The highest BCUT2D eigenvalue weighted by atomic mass is 16.5. The summed E-state index contributed by atoms with van der Waals surface area (Å²) in [7, 11) is 0. The van der Waals surface area contributed by atoms with E-state index in [4.69, 9.17) is 9.47 Å². The molecule has 9 nitrogen and oxygen atoms in total. The molecule has 3 heterocycles. The minimum absolute atomic E-state index is 0.0653. The molecule has 5 atom stereocenters. The maximum absolute atomic E-state index is 14.7. The Kier molecular flexibility index (Phi) is 10.3. The summed E-state index contributed by atoms with van der Waals surface area (Å²) >= 11 is 0. The summed E-state index contributed by atoms with van der Waals surface area (Å²) in [6.45, 7) is 13.5. The number of aliphatic hydroxyl groups excluding tert-OH is 1. The maximum Gasteiger partial charge on any atom is 0.248 e. The van der Waals surface area contributed by atoms with E-state index in [2.05, 4.69) is 13.2 Å². The number of fused-ring (bicyclic) bond motifs is 1. The minimum Gasteiger partial charge on any atom is -0.494 e. The van der Waals surface area contributed by atoms with Crippen LogP contribution in [0.3, 0.4) is 0 Å². The Labute approximate surface area is 272 Å². The Morgan fingerprint density at radius 2 is 1.74 bits per heavy atom. The maximum atomic E-state index is 14.7. The van der Waals surface area contributed by atoms with Crippen molar-refractivity contribution in [3.63, 3.8) is 0 Å². The Morgan fingerprint density at radius 1 is 1.02 bits per heavy atom. The van der Waals surface area contributed by atoms with Gasteiger partial charge >= 0.3 is 0 Å². The van der Waals surface area contributed by atoms with E-state index in [0.717, 1.165) is 5.56 Å². The van der Waals surface area contributed by atoms with E-state index in [-0.39, 0.29) is 30.9 Å². The molecule has 2 unspecified atom stereocenters. The van der Waals surface area contributed by atoms with Gasteiger partial charge in [0.05, 0.1) is 24.0 Å². The largest absolute Gasteiger partial charge is 0.494 e. The molecule has 9 heteroatoms. The van der Waals surface area contributed by atoms with Crippen molar-refractivity contribution in [2.45, 2.75) is 69.7 Å². The zero-order chi connectivity index (χ0) is 32.9. The van der Waals surface area contributed by atoms with E-state index in [1.807, 2.05) is 68.4 Å². The minimum atomic E-state index is -1.13. The fraction of sp³-hybridized carbons (Fsp3) is 0.486. The average Bonchev–Trinajstić information content (AvgIpc) is 3.62. The lowest BCUT2D eigenvalue weighted by Gasteiger charge is -2.37. The number of benzene rings is 2. The van der Waals surface area contributed by atoms with Gasteiger partial charge in [-0.3, -0.25) is 14.4 Å². The second-order valence-electron chi connectivity index (χ2n) is 12.7. The molecule has 3 fully saturated rings. The summed E-state index contributed by atoms with van der Waals surface area (Å²) in [5, 5.41) is 9.37. The number of amides is 3. The van der Waals surface area contributed by atoms with Crippen LogP contribution in [0.5, 0.6) is 5.75 Å². The van der Waals surface area contributed by atoms with Gasteiger partial charge in [-0.1, -0.05) is 42.5 Å². The third kappa shape index (κ3) is 6.10. The Hall–Kier alpha value is -3.95. The first-order chi connectivity index (χ1) is 22.2. The van der Waals surface area contributed by atoms with Crippen molar-refractivity contribution in [3.8, 4) is 5.75 Å². The molecular weight excluding hydrogens is 582 g/mol. The van der Waals surface area contributed by atoms with Gasteiger partial charge in [0.2, 0.25) is 17.7 Å². The normalized spacial score (nSPS) is 26.1. The molecule has 46 heavy (non-hydrogen) atoms. The molecular formula is C37H47N3O6. The summed E-state index contributed by atoms with van der Waals surface area (Å²) in [6, 6.07) is 16.2. The zero-order valence-electron chi connectivity index (χ0n) is 27.1. The van der Waals surface area contributed by atoms with E-state index in [9.17, 15) is 19.5 Å². The van der Waals surface area contributed by atoms with Crippen molar-refractivity contribution in [1.82, 2.24) is 9.80 Å². The van der Waals surface area contributed by atoms with Gasteiger partial charge in [0.15, 0.2) is 0 Å². The Balaban J connectivity index is 1.52. The number of aliphatic hydroxyl groups is 1. The molecule has 0 saturated carbocycles. The highest BCUT2D eigenvalue weighted by Crippen LogP contribution is 2.63. The lowest BCUT2D eigenvalue weighted by molar-refractivity contribution is -0.151. The summed E-state index contributed by atoms with van der Waals surface area (Å²) < 4.78 is 12.5. The lowest BCUT2D eigenvalue weighted by atomic mass is 9.66. The summed E-state index contributed by atoms with van der Waals surface area (Å²) in [4.78, 5) is 49.0. The second kappa shape index (κ2) is 14.2. The van der Waals surface area contributed by atoms with Gasteiger partial charge in [0.1, 0.15) is 17.4 Å². The quantitative estimate of drug-likeness (QED) is 0.213. The second-order valence-corrected chi connectivity index (χ2v) is 12.7. The molecule has 3 saturated heterocycles. The SMILES string of the molecule is C=CCN(Cc1ccccc1)C(=O)C1N(CCCCCO)C(=O)[C@@H]2[C@H](C(=O)N(CC=C)c3ccc(OCC)cc3)[C@]3(C)CCC12O3. The Morgan fingerprint density at radius 3 is 2.39 bits per heavy atom. The molecule has 5 rings (SSSR count). The van der Waals surface area contributed by atoms with Crippen LogP contribution < -0.4 is 9.64 Å². The van der Waals surface area contributed by atoms with Gasteiger partial charge in [0.25, 0.3) is 0 Å². The number of carbonyl (C=O) groups is 3. The van der Waals surface area contributed by atoms with Gasteiger partial charge in [-0.2, -0.15) is 0 Å². The monoisotopic (exact) mass is 629 g/mol. The number of carbonyl (C=O) groups excluding carboxylic acids is 3. The van der Waals surface area contributed by atoms with E-state index >= 15 is 0 Å². The van der Waals surface area contributed by atoms with E-state index < -0.39 is 29.1 Å². The molecule has 246 valence electrons. The van der Waals surface area contributed by atoms with Crippen LogP contribution in [-0.4, -0.2) is 82.7 Å².